The summed E-state index contributed by atoms with van der Waals surface area (Å²) in [6.07, 6.45) is 6.49. The van der Waals surface area contributed by atoms with Gasteiger partial charge >= 0.3 is 0 Å². The molecule has 3 fully saturated rings. The summed E-state index contributed by atoms with van der Waals surface area (Å²) in [6, 6.07) is 9.74. The highest BCUT2D eigenvalue weighted by atomic mass is 35.5. The number of nitriles is 2. The van der Waals surface area contributed by atoms with Crippen LogP contribution in [0.1, 0.15) is 43.2 Å². The Morgan fingerprint density at radius 1 is 1.17 bits per heavy atom. The van der Waals surface area contributed by atoms with Crippen molar-refractivity contribution < 1.29 is 12.8 Å². The number of halogens is 2. The van der Waals surface area contributed by atoms with Gasteiger partial charge in [-0.2, -0.15) is 19.9 Å². The fraction of sp³-hybridized carbons (Fsp3) is 0.464. The number of anilines is 1. The Kier molecular flexibility index (Phi) is 7.85. The predicted molar refractivity (Wildman–Crippen MR) is 154 cm³/mol. The van der Waals surface area contributed by atoms with Crippen LogP contribution in [-0.4, -0.2) is 69.1 Å². The number of rotatable bonds is 9. The van der Waals surface area contributed by atoms with Gasteiger partial charge in [0, 0.05) is 43.4 Å². The molecule has 6 rings (SSSR count). The van der Waals surface area contributed by atoms with E-state index in [9.17, 15) is 13.7 Å². The van der Waals surface area contributed by atoms with Gasteiger partial charge in [-0.1, -0.05) is 17.7 Å². The fourth-order valence-corrected chi connectivity index (χ4v) is 7.49. The zero-order valence-corrected chi connectivity index (χ0v) is 24.2. The third kappa shape index (κ3) is 5.83. The Morgan fingerprint density at radius 3 is 2.67 bits per heavy atom. The maximum absolute atomic E-state index is 15.0. The predicted octanol–water partition coefficient (Wildman–Crippen LogP) is 3.56. The van der Waals surface area contributed by atoms with Crippen molar-refractivity contribution in [1.29, 1.82) is 10.5 Å². The molecule has 3 aliphatic rings. The normalized spacial score (nSPS) is 24.4. The summed E-state index contributed by atoms with van der Waals surface area (Å²) in [5.41, 5.74) is 2.77. The van der Waals surface area contributed by atoms with E-state index in [1.165, 1.54) is 10.5 Å². The molecule has 3 aromatic rings. The van der Waals surface area contributed by atoms with Crippen LogP contribution in [0.2, 0.25) is 5.02 Å². The highest BCUT2D eigenvalue weighted by Crippen LogP contribution is 2.33. The number of hydrogen-bond acceptors (Lipinski definition) is 9. The molecule has 0 radical (unpaired) electrons. The van der Waals surface area contributed by atoms with E-state index in [4.69, 9.17) is 16.9 Å². The van der Waals surface area contributed by atoms with Crippen LogP contribution in [-0.2, 0) is 16.6 Å². The molecule has 2 atom stereocenters. The van der Waals surface area contributed by atoms with E-state index in [1.807, 2.05) is 18.2 Å². The average molecular weight is 610 g/mol. The van der Waals surface area contributed by atoms with E-state index in [2.05, 4.69) is 37.8 Å². The quantitative estimate of drug-likeness (QED) is 0.371. The molecule has 11 nitrogen and oxygen atoms in total. The number of benzene rings is 1. The first-order valence-electron chi connectivity index (χ1n) is 13.9. The Morgan fingerprint density at radius 2 is 1.98 bits per heavy atom. The van der Waals surface area contributed by atoms with Gasteiger partial charge in [-0.25, -0.2) is 27.5 Å². The third-order valence-corrected chi connectivity index (χ3v) is 10.7. The first kappa shape index (κ1) is 28.5. The monoisotopic (exact) mass is 609 g/mol. The van der Waals surface area contributed by atoms with Crippen LogP contribution in [0.3, 0.4) is 0 Å². The largest absolute Gasteiger partial charge is 0.348 e. The third-order valence-electron chi connectivity index (χ3n) is 8.06. The molecule has 1 saturated heterocycles. The summed E-state index contributed by atoms with van der Waals surface area (Å²) in [6.45, 7) is 0.666. The van der Waals surface area contributed by atoms with E-state index < -0.39 is 22.2 Å². The van der Waals surface area contributed by atoms with Gasteiger partial charge in [0.2, 0.25) is 16.0 Å². The van der Waals surface area contributed by atoms with Crippen LogP contribution in [0, 0.1) is 28.6 Å². The molecular weight excluding hydrogens is 581 g/mol. The Balaban J connectivity index is 1.14. The zero-order valence-electron chi connectivity index (χ0n) is 22.6. The van der Waals surface area contributed by atoms with Crippen LogP contribution in [0.5, 0.6) is 0 Å². The van der Waals surface area contributed by atoms with Gasteiger partial charge in [-0.15, -0.1) is 0 Å². The highest BCUT2D eigenvalue weighted by molar-refractivity contribution is 7.90. The summed E-state index contributed by atoms with van der Waals surface area (Å²) in [5.74, 6) is 0.285. The number of hydrogen-bond donors (Lipinski definition) is 2. The lowest BCUT2D eigenvalue weighted by Gasteiger charge is -2.34. The van der Waals surface area contributed by atoms with Crippen LogP contribution < -0.4 is 10.6 Å². The van der Waals surface area contributed by atoms with Gasteiger partial charge in [-0.3, -0.25) is 0 Å². The lowest BCUT2D eigenvalue weighted by Crippen LogP contribution is -2.50. The van der Waals surface area contributed by atoms with Crippen molar-refractivity contribution in [2.24, 2.45) is 5.92 Å². The van der Waals surface area contributed by atoms with Crippen molar-refractivity contribution >= 4 is 27.6 Å². The first-order valence-corrected chi connectivity index (χ1v) is 15.8. The Hall–Kier alpha value is -3.62. The number of sulfonamides is 1. The number of alkyl halides is 1. The van der Waals surface area contributed by atoms with Crippen molar-refractivity contribution in [2.45, 2.75) is 62.2 Å². The molecule has 2 aliphatic carbocycles. The molecular formula is C28H29ClFN9O2S. The minimum Gasteiger partial charge on any atom is -0.348 e. The van der Waals surface area contributed by atoms with Crippen molar-refractivity contribution in [3.8, 4) is 29.1 Å². The SMILES string of the molecule is N#Cc1cnc(N[C@H]2CCN(S(=O)(=O)C3CC3)C[C@H]2F)nc1-c1cnn(-c2ccc(CNC3CC(C#N)C3)cc2Cl)c1. The molecule has 0 bridgehead atoms. The summed E-state index contributed by atoms with van der Waals surface area (Å²) < 4.78 is 42.9. The number of nitrogens with one attached hydrogen (secondary N) is 2. The summed E-state index contributed by atoms with van der Waals surface area (Å²) in [4.78, 5) is 8.69. The molecule has 14 heteroatoms. The topological polar surface area (TPSA) is 153 Å². The Bertz CT molecular complexity index is 1670. The van der Waals surface area contributed by atoms with Gasteiger partial charge in [-0.05, 0) is 49.8 Å². The highest BCUT2D eigenvalue weighted by Gasteiger charge is 2.43. The minimum absolute atomic E-state index is 0.141. The first-order chi connectivity index (χ1) is 20.2. The maximum atomic E-state index is 15.0. The number of aromatic nitrogens is 4. The second-order valence-corrected chi connectivity index (χ2v) is 13.7. The molecule has 218 valence electrons. The molecule has 0 spiro atoms. The van der Waals surface area contributed by atoms with Crippen LogP contribution in [0.25, 0.3) is 16.9 Å². The van der Waals surface area contributed by atoms with Gasteiger partial charge in [0.15, 0.2) is 0 Å². The molecule has 42 heavy (non-hydrogen) atoms. The van der Waals surface area contributed by atoms with Gasteiger partial charge in [0.25, 0.3) is 0 Å². The summed E-state index contributed by atoms with van der Waals surface area (Å²) in [7, 11) is -3.44. The average Bonchev–Trinajstić information content (AvgIpc) is 3.72. The molecule has 1 aliphatic heterocycles. The van der Waals surface area contributed by atoms with E-state index in [-0.39, 0.29) is 42.2 Å². The van der Waals surface area contributed by atoms with Crippen molar-refractivity contribution in [1.82, 2.24) is 29.4 Å². The van der Waals surface area contributed by atoms with Crippen LogP contribution in [0.4, 0.5) is 10.3 Å². The van der Waals surface area contributed by atoms with Crippen molar-refractivity contribution in [3.63, 3.8) is 0 Å². The van der Waals surface area contributed by atoms with E-state index in [0.29, 0.717) is 47.4 Å². The van der Waals surface area contributed by atoms with Gasteiger partial charge in [0.1, 0.15) is 12.2 Å². The molecule has 3 heterocycles. The van der Waals surface area contributed by atoms with Gasteiger partial charge in [0.05, 0.1) is 51.7 Å². The van der Waals surface area contributed by atoms with Gasteiger partial charge < -0.3 is 10.6 Å². The zero-order chi connectivity index (χ0) is 29.4. The maximum Gasteiger partial charge on any atom is 0.223 e. The van der Waals surface area contributed by atoms with Crippen molar-refractivity contribution in [3.05, 3.63) is 52.9 Å². The second-order valence-electron chi connectivity index (χ2n) is 11.1. The molecule has 2 N–H and O–H groups in total. The summed E-state index contributed by atoms with van der Waals surface area (Å²) >= 11 is 6.60. The standard InChI is InChI=1S/C28H29ClFN9O2S/c29-23-9-17(12-33-21-7-18(8-21)10-31)1-4-26(23)39-15-20(14-35-39)27-19(11-32)13-34-28(37-27)36-25-5-6-38(16-24(25)30)42(40,41)22-2-3-22/h1,4,9,13-15,18,21-22,24-25,33H,2-3,5-8,12,16H2,(H,34,36,37)/t18?,21?,24-,25+/m1/s1. The number of piperidine rings is 1. The molecule has 2 aromatic heterocycles. The molecule has 0 amide bonds. The lowest BCUT2D eigenvalue weighted by atomic mass is 9.81. The van der Waals surface area contributed by atoms with Crippen LogP contribution in [0.15, 0.2) is 36.8 Å². The lowest BCUT2D eigenvalue weighted by molar-refractivity contribution is 0.185. The van der Waals surface area contributed by atoms with E-state index in [1.54, 1.807) is 17.1 Å². The molecule has 2 saturated carbocycles. The fourth-order valence-electron chi connectivity index (χ4n) is 5.34. The smallest absolute Gasteiger partial charge is 0.223 e. The Labute approximate surface area is 248 Å². The molecule has 0 unspecified atom stereocenters. The summed E-state index contributed by atoms with van der Waals surface area (Å²) in [5, 5.41) is 29.6. The molecule has 1 aromatic carbocycles. The minimum atomic E-state index is -3.44. The van der Waals surface area contributed by atoms with Crippen LogP contribution >= 0.6 is 11.6 Å². The number of nitrogens with zero attached hydrogens (tertiary/aromatic N) is 7. The van der Waals surface area contributed by atoms with E-state index in [0.717, 1.165) is 18.4 Å². The van der Waals surface area contributed by atoms with Crippen molar-refractivity contribution in [2.75, 3.05) is 18.4 Å². The van der Waals surface area contributed by atoms with E-state index >= 15 is 4.39 Å². The second kappa shape index (κ2) is 11.6.